The highest BCUT2D eigenvalue weighted by atomic mass is 19.1. The second-order valence-corrected chi connectivity index (χ2v) is 7.00. The summed E-state index contributed by atoms with van der Waals surface area (Å²) in [5.74, 6) is -0.0428. The summed E-state index contributed by atoms with van der Waals surface area (Å²) in [5.41, 5.74) is 0.904. The normalized spacial score (nSPS) is 17.3. The van der Waals surface area contributed by atoms with Crippen molar-refractivity contribution in [1.29, 1.82) is 0 Å². The fourth-order valence-electron chi connectivity index (χ4n) is 3.37. The van der Waals surface area contributed by atoms with Crippen LogP contribution in [0.1, 0.15) is 49.0 Å². The Labute approximate surface area is 139 Å². The summed E-state index contributed by atoms with van der Waals surface area (Å²) < 4.78 is 13.8. The minimum absolute atomic E-state index is 0.0855. The van der Waals surface area contributed by atoms with Crippen LogP contribution in [-0.2, 0) is 0 Å². The van der Waals surface area contributed by atoms with E-state index in [2.05, 4.69) is 18.7 Å². The van der Waals surface area contributed by atoms with Gasteiger partial charge in [-0.1, -0.05) is 26.3 Å². The molecule has 1 unspecified atom stereocenters. The smallest absolute Gasteiger partial charge is 0.254 e. The number of amides is 1. The Morgan fingerprint density at radius 2 is 1.91 bits per heavy atom. The second kappa shape index (κ2) is 7.91. The van der Waals surface area contributed by atoms with Crippen LogP contribution in [-0.4, -0.2) is 48.4 Å². The third kappa shape index (κ3) is 4.31. The first kappa shape index (κ1) is 17.9. The molecule has 1 aromatic carbocycles. The molecule has 0 aromatic heterocycles. The molecule has 1 aliphatic heterocycles. The van der Waals surface area contributed by atoms with E-state index in [1.807, 2.05) is 7.05 Å². The molecule has 1 fully saturated rings. The molecule has 4 heteroatoms. The zero-order chi connectivity index (χ0) is 17.0. The Morgan fingerprint density at radius 1 is 1.26 bits per heavy atom. The lowest BCUT2D eigenvalue weighted by molar-refractivity contribution is 0.0610. The molecule has 2 rings (SSSR count). The molecule has 1 atom stereocenters. The molecule has 0 N–H and O–H groups in total. The third-order valence-corrected chi connectivity index (χ3v) is 4.98. The van der Waals surface area contributed by atoms with E-state index in [-0.39, 0.29) is 17.8 Å². The number of likely N-dealkylation sites (N-methyl/N-ethyl adjacent to an activating group) is 1. The maximum absolute atomic E-state index is 13.8. The van der Waals surface area contributed by atoms with E-state index in [0.717, 1.165) is 19.6 Å². The Hall–Kier alpha value is -1.42. The van der Waals surface area contributed by atoms with Gasteiger partial charge in [-0.3, -0.25) is 4.79 Å². The first-order valence-corrected chi connectivity index (χ1v) is 8.66. The maximum atomic E-state index is 13.8. The van der Waals surface area contributed by atoms with Gasteiger partial charge in [-0.05, 0) is 56.5 Å². The van der Waals surface area contributed by atoms with Gasteiger partial charge in [-0.15, -0.1) is 0 Å². The molecular formula is C19H29FN2O. The molecule has 0 bridgehead atoms. The van der Waals surface area contributed by atoms with Crippen LogP contribution in [0.4, 0.5) is 4.39 Å². The predicted molar refractivity (Wildman–Crippen MR) is 92.1 cm³/mol. The number of halogens is 1. The summed E-state index contributed by atoms with van der Waals surface area (Å²) in [5, 5.41) is 0. The number of likely N-dealkylation sites (tertiary alicyclic amines) is 1. The van der Waals surface area contributed by atoms with Gasteiger partial charge in [0.15, 0.2) is 0 Å². The minimum Gasteiger partial charge on any atom is -0.337 e. The van der Waals surface area contributed by atoms with Crippen molar-refractivity contribution in [2.24, 2.45) is 5.92 Å². The largest absolute Gasteiger partial charge is 0.337 e. The molecule has 0 aliphatic carbocycles. The van der Waals surface area contributed by atoms with Gasteiger partial charge in [-0.2, -0.15) is 0 Å². The number of hydrogen-bond acceptors (Lipinski definition) is 2. The molecule has 1 amide bonds. The monoisotopic (exact) mass is 320 g/mol. The SMILES string of the molecule is Cc1c(F)cccc1C(=O)N(C)C(CN1CCCCC1)C(C)C. The van der Waals surface area contributed by atoms with Crippen molar-refractivity contribution in [1.82, 2.24) is 9.80 Å². The Morgan fingerprint density at radius 3 is 2.52 bits per heavy atom. The minimum atomic E-state index is -0.318. The van der Waals surface area contributed by atoms with Crippen LogP contribution in [0.3, 0.4) is 0 Å². The van der Waals surface area contributed by atoms with E-state index in [1.165, 1.54) is 25.3 Å². The number of hydrogen-bond donors (Lipinski definition) is 0. The fraction of sp³-hybridized carbons (Fsp3) is 0.632. The number of nitrogens with zero attached hydrogens (tertiary/aromatic N) is 2. The quantitative estimate of drug-likeness (QED) is 0.825. The highest BCUT2D eigenvalue weighted by Gasteiger charge is 2.27. The Balaban J connectivity index is 2.14. The average molecular weight is 320 g/mol. The molecular weight excluding hydrogens is 291 g/mol. The highest BCUT2D eigenvalue weighted by Crippen LogP contribution is 2.20. The van der Waals surface area contributed by atoms with Crippen LogP contribution in [0.5, 0.6) is 0 Å². The fourth-order valence-corrected chi connectivity index (χ4v) is 3.37. The molecule has 3 nitrogen and oxygen atoms in total. The van der Waals surface area contributed by atoms with E-state index in [0.29, 0.717) is 17.0 Å². The number of piperidine rings is 1. The van der Waals surface area contributed by atoms with Crippen LogP contribution in [0, 0.1) is 18.7 Å². The topological polar surface area (TPSA) is 23.6 Å². The number of rotatable bonds is 5. The van der Waals surface area contributed by atoms with Crippen molar-refractivity contribution in [3.05, 3.63) is 35.1 Å². The molecule has 0 saturated carbocycles. The Bertz CT molecular complexity index is 538. The van der Waals surface area contributed by atoms with Crippen molar-refractivity contribution >= 4 is 5.91 Å². The summed E-state index contributed by atoms with van der Waals surface area (Å²) in [6, 6.07) is 4.87. The third-order valence-electron chi connectivity index (χ3n) is 4.98. The van der Waals surface area contributed by atoms with Crippen LogP contribution in [0.25, 0.3) is 0 Å². The second-order valence-electron chi connectivity index (χ2n) is 7.00. The van der Waals surface area contributed by atoms with Crippen molar-refractivity contribution in [2.75, 3.05) is 26.7 Å². The molecule has 0 spiro atoms. The first-order chi connectivity index (χ1) is 10.9. The van der Waals surface area contributed by atoms with E-state index in [9.17, 15) is 9.18 Å². The van der Waals surface area contributed by atoms with Crippen LogP contribution in [0.15, 0.2) is 18.2 Å². The van der Waals surface area contributed by atoms with Crippen molar-refractivity contribution in [2.45, 2.75) is 46.1 Å². The molecule has 1 heterocycles. The Kier molecular flexibility index (Phi) is 6.17. The summed E-state index contributed by atoms with van der Waals surface area (Å²) in [7, 11) is 1.85. The lowest BCUT2D eigenvalue weighted by atomic mass is 9.99. The van der Waals surface area contributed by atoms with Gasteiger partial charge in [0, 0.05) is 25.2 Å². The summed E-state index contributed by atoms with van der Waals surface area (Å²) >= 11 is 0. The number of carbonyl (C=O) groups is 1. The standard InChI is InChI=1S/C19H29FN2O/c1-14(2)18(13-22-11-6-5-7-12-22)21(4)19(23)16-9-8-10-17(20)15(16)3/h8-10,14,18H,5-7,11-13H2,1-4H3. The van der Waals surface area contributed by atoms with Gasteiger partial charge in [0.25, 0.3) is 5.91 Å². The lowest BCUT2D eigenvalue weighted by Crippen LogP contribution is -2.49. The predicted octanol–water partition coefficient (Wildman–Crippen LogP) is 3.72. The van der Waals surface area contributed by atoms with E-state index in [1.54, 1.807) is 24.0 Å². The van der Waals surface area contributed by atoms with Gasteiger partial charge in [0.1, 0.15) is 5.82 Å². The molecule has 1 aliphatic rings. The summed E-state index contributed by atoms with van der Waals surface area (Å²) in [6.07, 6.45) is 3.79. The van der Waals surface area contributed by atoms with E-state index >= 15 is 0 Å². The van der Waals surface area contributed by atoms with Gasteiger partial charge in [0.05, 0.1) is 0 Å². The molecule has 1 saturated heterocycles. The number of carbonyl (C=O) groups excluding carboxylic acids is 1. The van der Waals surface area contributed by atoms with Gasteiger partial charge in [-0.25, -0.2) is 4.39 Å². The summed E-state index contributed by atoms with van der Waals surface area (Å²) in [4.78, 5) is 17.1. The van der Waals surface area contributed by atoms with Crippen LogP contribution >= 0.6 is 0 Å². The van der Waals surface area contributed by atoms with Crippen molar-refractivity contribution in [3.8, 4) is 0 Å². The summed E-state index contributed by atoms with van der Waals surface area (Å²) in [6.45, 7) is 9.10. The molecule has 1 aromatic rings. The zero-order valence-electron chi connectivity index (χ0n) is 14.8. The van der Waals surface area contributed by atoms with Crippen molar-refractivity contribution < 1.29 is 9.18 Å². The van der Waals surface area contributed by atoms with E-state index < -0.39 is 0 Å². The van der Waals surface area contributed by atoms with Crippen molar-refractivity contribution in [3.63, 3.8) is 0 Å². The van der Waals surface area contributed by atoms with Gasteiger partial charge >= 0.3 is 0 Å². The zero-order valence-corrected chi connectivity index (χ0v) is 14.8. The number of benzene rings is 1. The van der Waals surface area contributed by atoms with E-state index in [4.69, 9.17) is 0 Å². The molecule has 0 radical (unpaired) electrons. The van der Waals surface area contributed by atoms with Gasteiger partial charge in [0.2, 0.25) is 0 Å². The maximum Gasteiger partial charge on any atom is 0.254 e. The average Bonchev–Trinajstić information content (AvgIpc) is 2.54. The van der Waals surface area contributed by atoms with Crippen LogP contribution in [0.2, 0.25) is 0 Å². The highest BCUT2D eigenvalue weighted by molar-refractivity contribution is 5.95. The van der Waals surface area contributed by atoms with Gasteiger partial charge < -0.3 is 9.80 Å². The first-order valence-electron chi connectivity index (χ1n) is 8.66. The molecule has 23 heavy (non-hydrogen) atoms. The van der Waals surface area contributed by atoms with Crippen LogP contribution < -0.4 is 0 Å². The molecule has 128 valence electrons. The lowest BCUT2D eigenvalue weighted by Gasteiger charge is -2.37.